The van der Waals surface area contributed by atoms with Gasteiger partial charge in [-0.2, -0.15) is 0 Å². The predicted octanol–water partition coefficient (Wildman–Crippen LogP) is 2.84. The van der Waals surface area contributed by atoms with Crippen LogP contribution in [0.15, 0.2) is 42.9 Å². The molecule has 2 heterocycles. The minimum Gasteiger partial charge on any atom is -0.366 e. The van der Waals surface area contributed by atoms with Gasteiger partial charge in [-0.05, 0) is 19.4 Å². The number of aromatic nitrogens is 3. The molecular weight excluding hydrogens is 288 g/mol. The second-order valence-electron chi connectivity index (χ2n) is 5.63. The van der Waals surface area contributed by atoms with Gasteiger partial charge in [0.1, 0.15) is 0 Å². The van der Waals surface area contributed by atoms with Gasteiger partial charge in [-0.25, -0.2) is 4.98 Å². The van der Waals surface area contributed by atoms with Crippen LogP contribution in [0.2, 0.25) is 0 Å². The lowest BCUT2D eigenvalue weighted by Crippen LogP contribution is -2.13. The molecule has 3 rings (SSSR count). The number of nitrogens with one attached hydrogen (secondary N) is 1. The number of nitrogens with zero attached hydrogens (tertiary/aromatic N) is 2. The van der Waals surface area contributed by atoms with E-state index >= 15 is 0 Å². The van der Waals surface area contributed by atoms with E-state index in [4.69, 9.17) is 5.73 Å². The van der Waals surface area contributed by atoms with Crippen molar-refractivity contribution < 1.29 is 4.79 Å². The fourth-order valence-electron chi connectivity index (χ4n) is 3.13. The predicted molar refractivity (Wildman–Crippen MR) is 90.2 cm³/mol. The normalized spacial score (nSPS) is 10.9. The maximum Gasteiger partial charge on any atom is 0.251 e. The highest BCUT2D eigenvalue weighted by atomic mass is 16.1. The number of hydrogen-bond acceptors (Lipinski definition) is 2. The zero-order valence-corrected chi connectivity index (χ0v) is 13.3. The molecule has 118 valence electrons. The summed E-state index contributed by atoms with van der Waals surface area (Å²) >= 11 is 0. The van der Waals surface area contributed by atoms with Crippen LogP contribution in [0.1, 0.15) is 27.4 Å². The third-order valence-corrected chi connectivity index (χ3v) is 4.25. The molecule has 1 aromatic carbocycles. The quantitative estimate of drug-likeness (QED) is 0.760. The Kier molecular flexibility index (Phi) is 4.02. The largest absolute Gasteiger partial charge is 0.366 e. The van der Waals surface area contributed by atoms with Gasteiger partial charge in [-0.3, -0.25) is 4.79 Å². The second-order valence-corrected chi connectivity index (χ2v) is 5.63. The van der Waals surface area contributed by atoms with E-state index in [1.54, 1.807) is 6.33 Å². The first-order valence-corrected chi connectivity index (χ1v) is 7.61. The maximum atomic E-state index is 12.0. The number of imidazole rings is 1. The Morgan fingerprint density at radius 1 is 1.22 bits per heavy atom. The Balaban J connectivity index is 2.05. The first-order valence-electron chi connectivity index (χ1n) is 7.61. The lowest BCUT2D eigenvalue weighted by atomic mass is 10.0. The minimum absolute atomic E-state index is 0.384. The van der Waals surface area contributed by atoms with E-state index in [9.17, 15) is 4.79 Å². The number of rotatable bonds is 5. The van der Waals surface area contributed by atoms with Crippen molar-refractivity contribution in [3.63, 3.8) is 0 Å². The van der Waals surface area contributed by atoms with E-state index in [0.717, 1.165) is 41.2 Å². The SMILES string of the molecule is Cc1c(C(N)=O)c(-c2ccccc2)c(C)n1CCc1cnc[nH]1. The standard InChI is InChI=1S/C18H20N4O/c1-12-16(14-6-4-3-5-7-14)17(18(19)23)13(2)22(12)9-8-15-10-20-11-21-15/h3-7,10-11H,8-9H2,1-2H3,(H2,19,23)(H,20,21). The van der Waals surface area contributed by atoms with Crippen LogP contribution in [-0.2, 0) is 13.0 Å². The Morgan fingerprint density at radius 3 is 2.57 bits per heavy atom. The van der Waals surface area contributed by atoms with Crippen LogP contribution < -0.4 is 5.73 Å². The molecule has 0 aliphatic heterocycles. The fourth-order valence-corrected chi connectivity index (χ4v) is 3.13. The van der Waals surface area contributed by atoms with Gasteiger partial charge in [-0.15, -0.1) is 0 Å². The Labute approximate surface area is 135 Å². The Morgan fingerprint density at radius 2 is 1.96 bits per heavy atom. The highest BCUT2D eigenvalue weighted by Crippen LogP contribution is 2.32. The summed E-state index contributed by atoms with van der Waals surface area (Å²) in [7, 11) is 0. The van der Waals surface area contributed by atoms with Gasteiger partial charge >= 0.3 is 0 Å². The first-order chi connectivity index (χ1) is 11.1. The third kappa shape index (κ3) is 2.77. The van der Waals surface area contributed by atoms with Crippen molar-refractivity contribution in [2.24, 2.45) is 5.73 Å². The van der Waals surface area contributed by atoms with Gasteiger partial charge in [0.05, 0.1) is 11.9 Å². The molecular formula is C18H20N4O. The van der Waals surface area contributed by atoms with Crippen molar-refractivity contribution >= 4 is 5.91 Å². The van der Waals surface area contributed by atoms with Gasteiger partial charge in [-0.1, -0.05) is 30.3 Å². The maximum absolute atomic E-state index is 12.0. The van der Waals surface area contributed by atoms with Gasteiger partial charge < -0.3 is 15.3 Å². The number of hydrogen-bond donors (Lipinski definition) is 2. The molecule has 1 amide bonds. The van der Waals surface area contributed by atoms with Gasteiger partial charge in [0.2, 0.25) is 0 Å². The number of carbonyl (C=O) groups excluding carboxylic acids is 1. The van der Waals surface area contributed by atoms with E-state index in [1.807, 2.05) is 50.4 Å². The summed E-state index contributed by atoms with van der Waals surface area (Å²) in [4.78, 5) is 19.2. The summed E-state index contributed by atoms with van der Waals surface area (Å²) in [5, 5.41) is 0. The molecule has 0 bridgehead atoms. The summed E-state index contributed by atoms with van der Waals surface area (Å²) in [5.74, 6) is -0.384. The lowest BCUT2D eigenvalue weighted by molar-refractivity contribution is 0.1000. The van der Waals surface area contributed by atoms with Crippen LogP contribution in [0, 0.1) is 13.8 Å². The highest BCUT2D eigenvalue weighted by molar-refractivity contribution is 6.02. The molecule has 0 atom stereocenters. The molecule has 0 fully saturated rings. The number of benzene rings is 1. The molecule has 3 aromatic rings. The van der Waals surface area contributed by atoms with Gasteiger partial charge in [0.25, 0.3) is 5.91 Å². The van der Waals surface area contributed by atoms with Crippen molar-refractivity contribution in [3.8, 4) is 11.1 Å². The lowest BCUT2D eigenvalue weighted by Gasteiger charge is -2.09. The topological polar surface area (TPSA) is 76.7 Å². The molecule has 0 aliphatic carbocycles. The number of nitrogens with two attached hydrogens (primary N) is 1. The Bertz CT molecular complexity index is 817. The highest BCUT2D eigenvalue weighted by Gasteiger charge is 2.22. The van der Waals surface area contributed by atoms with E-state index in [2.05, 4.69) is 14.5 Å². The van der Waals surface area contributed by atoms with Crippen molar-refractivity contribution in [1.29, 1.82) is 0 Å². The number of carbonyl (C=O) groups is 1. The number of aryl methyl sites for hydroxylation is 1. The molecule has 0 unspecified atom stereocenters. The molecule has 5 heteroatoms. The monoisotopic (exact) mass is 308 g/mol. The zero-order valence-electron chi connectivity index (χ0n) is 13.3. The Hall–Kier alpha value is -2.82. The number of H-pyrrole nitrogens is 1. The molecule has 0 radical (unpaired) electrons. The van der Waals surface area contributed by atoms with Crippen LogP contribution in [0.3, 0.4) is 0 Å². The average Bonchev–Trinajstić information content (AvgIpc) is 3.13. The van der Waals surface area contributed by atoms with Crippen LogP contribution in [0.4, 0.5) is 0 Å². The molecule has 2 aromatic heterocycles. The van der Waals surface area contributed by atoms with Gasteiger partial charge in [0.15, 0.2) is 0 Å². The van der Waals surface area contributed by atoms with E-state index < -0.39 is 0 Å². The van der Waals surface area contributed by atoms with Crippen LogP contribution in [-0.4, -0.2) is 20.4 Å². The summed E-state index contributed by atoms with van der Waals surface area (Å²) in [5.41, 5.74) is 11.3. The first kappa shape index (κ1) is 15.1. The van der Waals surface area contributed by atoms with Crippen molar-refractivity contribution in [2.45, 2.75) is 26.8 Å². The second kappa shape index (κ2) is 6.12. The molecule has 0 saturated heterocycles. The molecule has 23 heavy (non-hydrogen) atoms. The third-order valence-electron chi connectivity index (χ3n) is 4.25. The zero-order chi connectivity index (χ0) is 16.4. The van der Waals surface area contributed by atoms with Crippen LogP contribution >= 0.6 is 0 Å². The van der Waals surface area contributed by atoms with E-state index in [0.29, 0.717) is 5.56 Å². The molecule has 0 aliphatic rings. The molecule has 3 N–H and O–H groups in total. The summed E-state index contributed by atoms with van der Waals surface area (Å²) in [6.07, 6.45) is 4.32. The van der Waals surface area contributed by atoms with Crippen LogP contribution in [0.5, 0.6) is 0 Å². The summed E-state index contributed by atoms with van der Waals surface area (Å²) in [6, 6.07) is 9.92. The summed E-state index contributed by atoms with van der Waals surface area (Å²) < 4.78 is 2.16. The summed E-state index contributed by atoms with van der Waals surface area (Å²) in [6.45, 7) is 4.76. The minimum atomic E-state index is -0.384. The molecule has 0 spiro atoms. The van der Waals surface area contributed by atoms with E-state index in [1.165, 1.54) is 0 Å². The van der Waals surface area contributed by atoms with Crippen molar-refractivity contribution in [2.75, 3.05) is 0 Å². The van der Waals surface area contributed by atoms with Gasteiger partial charge in [0, 0.05) is 41.8 Å². The van der Waals surface area contributed by atoms with Crippen LogP contribution in [0.25, 0.3) is 11.1 Å². The molecule has 0 saturated carbocycles. The number of primary amides is 1. The van der Waals surface area contributed by atoms with Crippen molar-refractivity contribution in [1.82, 2.24) is 14.5 Å². The van der Waals surface area contributed by atoms with E-state index in [-0.39, 0.29) is 5.91 Å². The molecule has 5 nitrogen and oxygen atoms in total. The smallest absolute Gasteiger partial charge is 0.251 e. The number of amides is 1. The van der Waals surface area contributed by atoms with Crippen molar-refractivity contribution in [3.05, 3.63) is 65.5 Å². The fraction of sp³-hybridized carbons (Fsp3) is 0.222. The average molecular weight is 308 g/mol. The number of aromatic amines is 1.